The van der Waals surface area contributed by atoms with Crippen molar-refractivity contribution in [2.75, 3.05) is 4.90 Å². The zero-order chi connectivity index (χ0) is 20.7. The third kappa shape index (κ3) is 2.95. The summed E-state index contributed by atoms with van der Waals surface area (Å²) in [6, 6.07) is 6.57. The summed E-state index contributed by atoms with van der Waals surface area (Å²) in [7, 11) is 3.04. The minimum Gasteiger partial charge on any atom is -0.266 e. The highest BCUT2D eigenvalue weighted by Gasteiger charge is 2.38. The molecule has 0 aliphatic heterocycles. The molecule has 2 heterocycles. The minimum atomic E-state index is -0.573. The van der Waals surface area contributed by atoms with Crippen LogP contribution < -0.4 is 4.90 Å². The summed E-state index contributed by atoms with van der Waals surface area (Å²) in [6.45, 7) is 2.99. The van der Waals surface area contributed by atoms with Crippen LogP contribution in [0.2, 0.25) is 5.02 Å². The van der Waals surface area contributed by atoms with Gasteiger partial charge in [0.05, 0.1) is 20.6 Å². The van der Waals surface area contributed by atoms with Crippen LogP contribution in [0.3, 0.4) is 0 Å². The van der Waals surface area contributed by atoms with E-state index < -0.39 is 9.85 Å². The van der Waals surface area contributed by atoms with E-state index in [9.17, 15) is 20.2 Å². The van der Waals surface area contributed by atoms with Crippen LogP contribution >= 0.6 is 11.6 Å². The highest BCUT2D eigenvalue weighted by atomic mass is 35.5. The monoisotopic (exact) mass is 405 g/mol. The molecule has 3 aromatic rings. The van der Waals surface area contributed by atoms with Crippen LogP contribution in [0, 0.1) is 34.1 Å². The van der Waals surface area contributed by atoms with E-state index >= 15 is 0 Å². The molecule has 2 aromatic heterocycles. The van der Waals surface area contributed by atoms with Gasteiger partial charge in [-0.05, 0) is 26.0 Å². The zero-order valence-corrected chi connectivity index (χ0v) is 16.2. The lowest BCUT2D eigenvalue weighted by atomic mass is 10.2. The molecule has 146 valence electrons. The van der Waals surface area contributed by atoms with Crippen LogP contribution in [-0.2, 0) is 14.1 Å². The van der Waals surface area contributed by atoms with E-state index in [1.54, 1.807) is 24.3 Å². The van der Waals surface area contributed by atoms with Crippen molar-refractivity contribution in [3.8, 4) is 0 Å². The molecule has 0 radical (unpaired) electrons. The normalized spacial score (nSPS) is 10.9. The van der Waals surface area contributed by atoms with Gasteiger partial charge in [0.25, 0.3) is 0 Å². The van der Waals surface area contributed by atoms with E-state index in [1.165, 1.54) is 42.2 Å². The van der Waals surface area contributed by atoms with Crippen molar-refractivity contribution in [3.63, 3.8) is 0 Å². The van der Waals surface area contributed by atoms with Gasteiger partial charge in [0.1, 0.15) is 11.4 Å². The molecule has 0 amide bonds. The fourth-order valence-corrected chi connectivity index (χ4v) is 3.38. The molecule has 0 bridgehead atoms. The highest BCUT2D eigenvalue weighted by molar-refractivity contribution is 6.33. The predicted octanol–water partition coefficient (Wildman–Crippen LogP) is 3.71. The molecule has 0 unspecified atom stereocenters. The van der Waals surface area contributed by atoms with Gasteiger partial charge < -0.3 is 0 Å². The molecule has 1 aromatic carbocycles. The van der Waals surface area contributed by atoms with Crippen LogP contribution in [0.15, 0.2) is 24.3 Å². The Kier molecular flexibility index (Phi) is 4.77. The van der Waals surface area contributed by atoms with Gasteiger partial charge in [0.2, 0.25) is 11.6 Å². The van der Waals surface area contributed by atoms with E-state index in [2.05, 4.69) is 10.2 Å². The maximum absolute atomic E-state index is 11.8. The molecule has 0 saturated heterocycles. The summed E-state index contributed by atoms with van der Waals surface area (Å²) < 4.78 is 2.59. The number of hydrogen-bond donors (Lipinski definition) is 0. The maximum atomic E-state index is 11.8. The molecule has 0 atom stereocenters. The molecule has 0 aliphatic rings. The lowest BCUT2D eigenvalue weighted by Gasteiger charge is -2.24. The van der Waals surface area contributed by atoms with Crippen LogP contribution in [0.1, 0.15) is 11.4 Å². The average Bonchev–Trinajstić information content (AvgIpc) is 3.05. The molecule has 0 aliphatic carbocycles. The molecule has 0 spiro atoms. The number of hydrogen-bond acceptors (Lipinski definition) is 7. The first-order chi connectivity index (χ1) is 13.1. The second-order valence-corrected chi connectivity index (χ2v) is 6.47. The Hall–Kier alpha value is -3.47. The van der Waals surface area contributed by atoms with Crippen molar-refractivity contribution >= 4 is 40.3 Å². The summed E-state index contributed by atoms with van der Waals surface area (Å²) >= 11 is 6.36. The number of nitrogens with zero attached hydrogens (tertiary/aromatic N) is 7. The first kappa shape index (κ1) is 19.3. The molecule has 0 N–H and O–H groups in total. The van der Waals surface area contributed by atoms with E-state index in [4.69, 9.17) is 11.6 Å². The van der Waals surface area contributed by atoms with Crippen molar-refractivity contribution in [1.29, 1.82) is 0 Å². The number of halogens is 1. The molecular formula is C16H16ClN7O4. The molecule has 0 fully saturated rings. The lowest BCUT2D eigenvalue weighted by Crippen LogP contribution is -2.19. The predicted molar refractivity (Wildman–Crippen MR) is 102 cm³/mol. The number of benzene rings is 1. The van der Waals surface area contributed by atoms with E-state index in [1.807, 2.05) is 0 Å². The number of anilines is 3. The number of aromatic nitrogens is 4. The molecule has 3 rings (SSSR count). The summed E-state index contributed by atoms with van der Waals surface area (Å²) in [6.07, 6.45) is 0. The minimum absolute atomic E-state index is 0.0294. The van der Waals surface area contributed by atoms with E-state index in [0.29, 0.717) is 5.69 Å². The van der Waals surface area contributed by atoms with Gasteiger partial charge in [-0.25, -0.2) is 9.36 Å². The van der Waals surface area contributed by atoms with Crippen LogP contribution in [0.4, 0.5) is 28.7 Å². The van der Waals surface area contributed by atoms with E-state index in [0.717, 1.165) is 0 Å². The van der Waals surface area contributed by atoms with Gasteiger partial charge in [-0.3, -0.25) is 25.1 Å². The van der Waals surface area contributed by atoms with Gasteiger partial charge in [0, 0.05) is 14.1 Å². The molecule has 12 heteroatoms. The summed E-state index contributed by atoms with van der Waals surface area (Å²) in [5, 5.41) is 32.0. The average molecular weight is 406 g/mol. The van der Waals surface area contributed by atoms with E-state index in [-0.39, 0.29) is 39.4 Å². The summed E-state index contributed by atoms with van der Waals surface area (Å²) in [4.78, 5) is 23.7. The first-order valence-corrected chi connectivity index (χ1v) is 8.43. The van der Waals surface area contributed by atoms with Crippen molar-refractivity contribution < 1.29 is 9.85 Å². The fourth-order valence-electron chi connectivity index (χ4n) is 3.16. The third-order valence-electron chi connectivity index (χ3n) is 4.20. The van der Waals surface area contributed by atoms with Crippen molar-refractivity contribution in [2.45, 2.75) is 13.8 Å². The molecule has 0 saturated carbocycles. The largest absolute Gasteiger partial charge is 0.334 e. The first-order valence-electron chi connectivity index (χ1n) is 8.05. The second-order valence-electron chi connectivity index (χ2n) is 6.06. The smallest absolute Gasteiger partial charge is 0.266 e. The Bertz CT molecular complexity index is 1040. The van der Waals surface area contributed by atoms with Crippen LogP contribution in [-0.4, -0.2) is 29.4 Å². The summed E-state index contributed by atoms with van der Waals surface area (Å²) in [5.74, 6) is 0.0587. The fraction of sp³-hybridized carbons (Fsp3) is 0.250. The SMILES string of the molecule is Cc1nn(C)c(N(c2ccccc2Cl)c2c([N+](=O)[O-])c(C)nn2C)c1[N+](=O)[O-]. The van der Waals surface area contributed by atoms with Crippen molar-refractivity contribution in [3.05, 3.63) is 60.9 Å². The summed E-state index contributed by atoms with van der Waals surface area (Å²) in [5.41, 5.74) is 0.0923. The quantitative estimate of drug-likeness (QED) is 0.467. The topological polar surface area (TPSA) is 125 Å². The zero-order valence-electron chi connectivity index (χ0n) is 15.5. The second kappa shape index (κ2) is 6.93. The Morgan fingerprint density at radius 1 is 0.929 bits per heavy atom. The van der Waals surface area contributed by atoms with Gasteiger partial charge in [-0.2, -0.15) is 10.2 Å². The Labute approximate surface area is 164 Å². The number of nitro groups is 2. The van der Waals surface area contributed by atoms with Gasteiger partial charge >= 0.3 is 11.4 Å². The van der Waals surface area contributed by atoms with Gasteiger partial charge in [-0.1, -0.05) is 23.7 Å². The standard InChI is InChI=1S/C16H16ClN7O4/c1-9-13(23(25)26)15(20(3)18-9)22(12-8-6-5-7-11(12)17)16-14(24(27)28)10(2)19-21(16)4/h5-8H,1-4H3. The maximum Gasteiger partial charge on any atom is 0.334 e. The number of rotatable bonds is 5. The molecule has 28 heavy (non-hydrogen) atoms. The Balaban J connectivity index is 2.47. The lowest BCUT2D eigenvalue weighted by molar-refractivity contribution is -0.385. The van der Waals surface area contributed by atoms with Crippen molar-refractivity contribution in [2.24, 2.45) is 14.1 Å². The van der Waals surface area contributed by atoms with Gasteiger partial charge in [0.15, 0.2) is 0 Å². The highest BCUT2D eigenvalue weighted by Crippen LogP contribution is 2.46. The Morgan fingerprint density at radius 2 is 1.36 bits per heavy atom. The third-order valence-corrected chi connectivity index (χ3v) is 4.52. The van der Waals surface area contributed by atoms with Crippen LogP contribution in [0.25, 0.3) is 0 Å². The van der Waals surface area contributed by atoms with Crippen LogP contribution in [0.5, 0.6) is 0 Å². The number of para-hydroxylation sites is 1. The van der Waals surface area contributed by atoms with Crippen molar-refractivity contribution in [1.82, 2.24) is 19.6 Å². The van der Waals surface area contributed by atoms with Gasteiger partial charge in [-0.15, -0.1) is 0 Å². The molecule has 11 nitrogen and oxygen atoms in total. The number of aryl methyl sites for hydroxylation is 4. The Morgan fingerprint density at radius 3 is 1.75 bits per heavy atom. The molecular weight excluding hydrogens is 390 g/mol.